The van der Waals surface area contributed by atoms with Gasteiger partial charge in [0, 0.05) is 0 Å². The topological polar surface area (TPSA) is 130 Å². The summed E-state index contributed by atoms with van der Waals surface area (Å²) in [5.74, 6) is -3.14. The van der Waals surface area contributed by atoms with Crippen LogP contribution in [0, 0.1) is 0 Å². The van der Waals surface area contributed by atoms with Gasteiger partial charge in [0.15, 0.2) is 11.1 Å². The van der Waals surface area contributed by atoms with Crippen LogP contribution in [0.3, 0.4) is 0 Å². The molecule has 0 bridgehead atoms. The molecule has 0 aromatic carbocycles. The second-order valence-corrected chi connectivity index (χ2v) is 4.97. The zero-order valence-electron chi connectivity index (χ0n) is 10.6. The first-order valence-corrected chi connectivity index (χ1v) is 5.25. The zero-order chi connectivity index (χ0) is 12.9. The fourth-order valence-electron chi connectivity index (χ4n) is 0.866. The van der Waals surface area contributed by atoms with E-state index in [1.807, 2.05) is 0 Å². The van der Waals surface area contributed by atoms with E-state index in [4.69, 9.17) is 4.55 Å². The van der Waals surface area contributed by atoms with Gasteiger partial charge in [0.05, 0.1) is 22.7 Å². The molecule has 0 saturated carbocycles. The molecule has 0 fully saturated rings. The van der Waals surface area contributed by atoms with Crippen LogP contribution in [0.1, 0.15) is 13.8 Å². The first-order valence-electron chi connectivity index (χ1n) is 4.15. The molecular formula is C8H11NNa2O6S. The molecule has 2 atom stereocenters. The summed E-state index contributed by atoms with van der Waals surface area (Å²) in [6.07, 6.45) is 1.37. The van der Waals surface area contributed by atoms with Crippen molar-refractivity contribution in [3.63, 3.8) is 0 Å². The maximum Gasteiger partial charge on any atom is 1.00 e. The van der Waals surface area contributed by atoms with Crippen molar-refractivity contribution in [2.24, 2.45) is 0 Å². The first kappa shape index (κ1) is 23.7. The van der Waals surface area contributed by atoms with Gasteiger partial charge < -0.3 is 29.7 Å². The predicted molar refractivity (Wildman–Crippen MR) is 50.9 cm³/mol. The van der Waals surface area contributed by atoms with Crippen molar-refractivity contribution in [2.75, 3.05) is 0 Å². The van der Waals surface area contributed by atoms with E-state index in [1.54, 1.807) is 0 Å². The van der Waals surface area contributed by atoms with Gasteiger partial charge in [0.2, 0.25) is 0 Å². The van der Waals surface area contributed by atoms with Crippen molar-refractivity contribution in [1.82, 2.24) is 5.32 Å². The Morgan fingerprint density at radius 1 is 1.33 bits per heavy atom. The van der Waals surface area contributed by atoms with Crippen LogP contribution in [-0.4, -0.2) is 31.5 Å². The standard InChI is InChI=1S/C8H13NO6S.2Na/c1-8(2,16(14)15)6(7(12)13)9-4-3-5(10)11;;/h3-4,6,9H,1-2H3,(H,10,11)(H,12,13)(H,14,15);;/q;2*+1/p-2/b4-3+;;/t6-;;/m0../s1. The minimum atomic E-state index is -2.42. The van der Waals surface area contributed by atoms with Crippen molar-refractivity contribution in [3.8, 4) is 0 Å². The van der Waals surface area contributed by atoms with Crippen LogP contribution in [-0.2, 0) is 20.7 Å². The summed E-state index contributed by atoms with van der Waals surface area (Å²) < 4.78 is 18.3. The molecule has 18 heavy (non-hydrogen) atoms. The third-order valence-corrected chi connectivity index (χ3v) is 3.00. The minimum Gasteiger partial charge on any atom is -0.548 e. The molecule has 92 valence electrons. The van der Waals surface area contributed by atoms with E-state index in [0.29, 0.717) is 6.08 Å². The van der Waals surface area contributed by atoms with E-state index in [0.717, 1.165) is 6.20 Å². The molecule has 0 rings (SSSR count). The fraction of sp³-hybridized carbons (Fsp3) is 0.500. The van der Waals surface area contributed by atoms with Crippen LogP contribution >= 0.6 is 0 Å². The first-order chi connectivity index (χ1) is 7.19. The molecule has 0 radical (unpaired) electrons. The van der Waals surface area contributed by atoms with Crippen molar-refractivity contribution in [2.45, 2.75) is 24.6 Å². The van der Waals surface area contributed by atoms with Crippen molar-refractivity contribution in [1.29, 1.82) is 0 Å². The van der Waals surface area contributed by atoms with Crippen LogP contribution in [0.2, 0.25) is 0 Å². The second-order valence-electron chi connectivity index (χ2n) is 3.42. The SMILES string of the molecule is CC(C)([C@@H](N/C=C/C(=O)[O-])C(=O)[O-])S(=O)O.[Na+].[Na+]. The summed E-state index contributed by atoms with van der Waals surface area (Å²) in [4.78, 5) is 20.7. The summed E-state index contributed by atoms with van der Waals surface area (Å²) in [7, 11) is 0. The number of nitrogens with one attached hydrogen (secondary N) is 1. The largest absolute Gasteiger partial charge is 1.00 e. The van der Waals surface area contributed by atoms with Crippen LogP contribution in [0.4, 0.5) is 0 Å². The molecular weight excluding hydrogens is 284 g/mol. The number of hydrogen-bond donors (Lipinski definition) is 2. The van der Waals surface area contributed by atoms with Gasteiger partial charge in [-0.2, -0.15) is 0 Å². The maximum absolute atomic E-state index is 10.9. The molecule has 0 aliphatic rings. The van der Waals surface area contributed by atoms with Gasteiger partial charge in [0.25, 0.3) is 0 Å². The number of aliphatic carboxylic acids is 2. The van der Waals surface area contributed by atoms with Crippen LogP contribution in [0.25, 0.3) is 0 Å². The molecule has 0 spiro atoms. The second kappa shape index (κ2) is 10.4. The molecule has 0 aliphatic heterocycles. The Balaban J connectivity index is -0.00000112. The van der Waals surface area contributed by atoms with Crippen molar-refractivity contribution in [3.05, 3.63) is 12.3 Å². The van der Waals surface area contributed by atoms with Gasteiger partial charge in [-0.15, -0.1) is 0 Å². The Labute approximate surface area is 151 Å². The normalized spacial score (nSPS) is 13.9. The van der Waals surface area contributed by atoms with Crippen molar-refractivity contribution < 1.29 is 87.7 Å². The maximum atomic E-state index is 10.9. The van der Waals surface area contributed by atoms with E-state index in [1.165, 1.54) is 13.8 Å². The van der Waals surface area contributed by atoms with E-state index in [9.17, 15) is 24.0 Å². The average Bonchev–Trinajstić information content (AvgIpc) is 2.10. The number of carboxylic acids is 2. The van der Waals surface area contributed by atoms with Gasteiger partial charge in [0.1, 0.15) is 0 Å². The molecule has 0 saturated heterocycles. The van der Waals surface area contributed by atoms with Gasteiger partial charge in [-0.25, -0.2) is 4.21 Å². The Bertz CT molecular complexity index is 346. The van der Waals surface area contributed by atoms with E-state index in [-0.39, 0.29) is 59.1 Å². The van der Waals surface area contributed by atoms with E-state index >= 15 is 0 Å². The molecule has 0 aromatic heterocycles. The van der Waals surface area contributed by atoms with Gasteiger partial charge in [-0.05, 0) is 26.1 Å². The number of carbonyl (C=O) groups is 2. The summed E-state index contributed by atoms with van der Waals surface area (Å²) in [5.41, 5.74) is 0. The van der Waals surface area contributed by atoms with Crippen molar-refractivity contribution >= 4 is 23.0 Å². The van der Waals surface area contributed by atoms with E-state index < -0.39 is 33.8 Å². The molecule has 0 amide bonds. The number of hydrogen-bond acceptors (Lipinski definition) is 6. The Hall–Kier alpha value is 0.590. The molecule has 2 N–H and O–H groups in total. The molecule has 0 aliphatic carbocycles. The Kier molecular flexibility index (Phi) is 13.7. The summed E-state index contributed by atoms with van der Waals surface area (Å²) in [6.45, 7) is 2.45. The fourth-order valence-corrected chi connectivity index (χ4v) is 1.23. The molecule has 1 unspecified atom stereocenters. The third kappa shape index (κ3) is 7.90. The van der Waals surface area contributed by atoms with Gasteiger partial charge >= 0.3 is 59.1 Å². The number of carbonyl (C=O) groups excluding carboxylic acids is 2. The molecule has 0 heterocycles. The monoisotopic (exact) mass is 295 g/mol. The molecule has 10 heteroatoms. The van der Waals surface area contributed by atoms with Gasteiger partial charge in [-0.1, -0.05) is 0 Å². The smallest absolute Gasteiger partial charge is 0.548 e. The summed E-state index contributed by atoms with van der Waals surface area (Å²) in [6, 6.07) is -1.51. The Morgan fingerprint density at radius 3 is 2.06 bits per heavy atom. The predicted octanol–water partition coefficient (Wildman–Crippen LogP) is -9.03. The summed E-state index contributed by atoms with van der Waals surface area (Å²) in [5, 5.41) is 22.9. The quantitative estimate of drug-likeness (QED) is 0.283. The number of carboxylic acid groups (broad SMARTS) is 2. The zero-order valence-corrected chi connectivity index (χ0v) is 15.4. The van der Waals surface area contributed by atoms with Gasteiger partial charge in [-0.3, -0.25) is 0 Å². The molecule has 7 nitrogen and oxygen atoms in total. The number of rotatable bonds is 6. The Morgan fingerprint density at radius 2 is 1.78 bits per heavy atom. The molecule has 0 aromatic rings. The average molecular weight is 295 g/mol. The van der Waals surface area contributed by atoms with E-state index in [2.05, 4.69) is 5.32 Å². The van der Waals surface area contributed by atoms with Crippen LogP contribution < -0.4 is 74.6 Å². The minimum absolute atomic E-state index is 0. The summed E-state index contributed by atoms with van der Waals surface area (Å²) >= 11 is -2.42. The van der Waals surface area contributed by atoms with Crippen LogP contribution in [0.5, 0.6) is 0 Å². The van der Waals surface area contributed by atoms with Crippen LogP contribution in [0.15, 0.2) is 12.3 Å². The third-order valence-electron chi connectivity index (χ3n) is 1.86.